The first-order chi connectivity index (χ1) is 14.6. The van der Waals surface area contributed by atoms with Crippen molar-refractivity contribution in [1.82, 2.24) is 14.9 Å². The quantitative estimate of drug-likeness (QED) is 0.544. The monoisotopic (exact) mass is 470 g/mol. The number of halogens is 2. The van der Waals surface area contributed by atoms with E-state index in [2.05, 4.69) is 20.2 Å². The Morgan fingerprint density at radius 3 is 2.71 bits per heavy atom. The molecule has 10 heteroatoms. The van der Waals surface area contributed by atoms with Crippen molar-refractivity contribution >= 4 is 27.1 Å². The van der Waals surface area contributed by atoms with Crippen LogP contribution < -0.4 is 5.32 Å². The summed E-state index contributed by atoms with van der Waals surface area (Å²) in [6.07, 6.45) is 4.89. The minimum absolute atomic E-state index is 0.0313. The highest BCUT2D eigenvalue weighted by Gasteiger charge is 2.37. The van der Waals surface area contributed by atoms with Gasteiger partial charge in [0, 0.05) is 67.6 Å². The molecule has 1 aliphatic rings. The van der Waals surface area contributed by atoms with E-state index in [9.17, 15) is 12.8 Å². The van der Waals surface area contributed by atoms with Gasteiger partial charge in [-0.3, -0.25) is 9.88 Å². The molecule has 7 nitrogen and oxygen atoms in total. The Balaban J connectivity index is 1.75. The zero-order valence-corrected chi connectivity index (χ0v) is 19.4. The van der Waals surface area contributed by atoms with Gasteiger partial charge in [0.15, 0.2) is 0 Å². The van der Waals surface area contributed by atoms with Gasteiger partial charge in [0.2, 0.25) is 0 Å². The molecule has 3 heterocycles. The third kappa shape index (κ3) is 6.12. The summed E-state index contributed by atoms with van der Waals surface area (Å²) in [5, 5.41) is 12.6. The molecule has 0 spiro atoms. The lowest BCUT2D eigenvalue weighted by Crippen LogP contribution is -2.56. The smallest absolute Gasteiger partial charge is 0.149 e. The van der Waals surface area contributed by atoms with E-state index >= 15 is 0 Å². The van der Waals surface area contributed by atoms with E-state index < -0.39 is 15.7 Å². The van der Waals surface area contributed by atoms with Crippen LogP contribution in [-0.2, 0) is 16.4 Å². The van der Waals surface area contributed by atoms with Crippen LogP contribution in [0, 0.1) is 11.7 Å². The molecular weight excluding hydrogens is 443 g/mol. The largest absolute Gasteiger partial charge is 0.396 e. The number of nitrogens with one attached hydrogen (secondary N) is 1. The topological polar surface area (TPSA) is 95.4 Å². The van der Waals surface area contributed by atoms with E-state index in [4.69, 9.17) is 16.7 Å². The van der Waals surface area contributed by atoms with Crippen molar-refractivity contribution in [2.45, 2.75) is 38.9 Å². The highest BCUT2D eigenvalue weighted by molar-refractivity contribution is 7.90. The highest BCUT2D eigenvalue weighted by atomic mass is 35.5. The maximum absolute atomic E-state index is 15.0. The number of nitrogens with zero attached hydrogens (tertiary/aromatic N) is 3. The molecule has 3 atom stereocenters. The summed E-state index contributed by atoms with van der Waals surface area (Å²) in [7, 11) is -3.01. The van der Waals surface area contributed by atoms with Gasteiger partial charge in [0.05, 0.1) is 5.75 Å². The number of aromatic nitrogens is 2. The van der Waals surface area contributed by atoms with Crippen molar-refractivity contribution in [2.75, 3.05) is 30.5 Å². The molecule has 0 radical (unpaired) electrons. The minimum atomic E-state index is -3.01. The van der Waals surface area contributed by atoms with E-state index in [-0.39, 0.29) is 41.2 Å². The number of aliphatic hydroxyl groups is 1. The Labute approximate surface area is 187 Å². The molecule has 2 N–H and O–H groups in total. The first-order valence-corrected chi connectivity index (χ1v) is 12.6. The van der Waals surface area contributed by atoms with E-state index in [1.165, 1.54) is 18.5 Å². The van der Waals surface area contributed by atoms with Crippen LogP contribution in [0.3, 0.4) is 0 Å². The Hall–Kier alpha value is -1.81. The molecule has 0 aromatic carbocycles. The maximum atomic E-state index is 15.0. The highest BCUT2D eigenvalue weighted by Crippen LogP contribution is 2.32. The number of anilines is 1. The van der Waals surface area contributed by atoms with Gasteiger partial charge in [-0.05, 0) is 38.0 Å². The second kappa shape index (κ2) is 9.77. The third-order valence-corrected chi connectivity index (χ3v) is 6.86. The Morgan fingerprint density at radius 2 is 2.10 bits per heavy atom. The summed E-state index contributed by atoms with van der Waals surface area (Å²) < 4.78 is 38.0. The average molecular weight is 471 g/mol. The number of rotatable bonds is 9. The summed E-state index contributed by atoms with van der Waals surface area (Å²) >= 11 is 6.02. The van der Waals surface area contributed by atoms with Gasteiger partial charge in [-0.1, -0.05) is 11.6 Å². The zero-order valence-electron chi connectivity index (χ0n) is 17.8. The molecule has 0 unspecified atom stereocenters. The van der Waals surface area contributed by atoms with Gasteiger partial charge in [-0.2, -0.15) is 0 Å². The summed E-state index contributed by atoms with van der Waals surface area (Å²) in [5.74, 6) is -0.202. The fourth-order valence-corrected chi connectivity index (χ4v) is 5.16. The lowest BCUT2D eigenvalue weighted by molar-refractivity contribution is 0.0323. The van der Waals surface area contributed by atoms with Crippen molar-refractivity contribution in [2.24, 2.45) is 5.92 Å². The van der Waals surface area contributed by atoms with E-state index in [1.54, 1.807) is 12.3 Å². The SMILES string of the molecule is C[C@@H]1[C@H](CS(C)(=O)=O)CN1Cc1cnc(-c2cnc(Cl)cc2N[C@@H](C)CCO)c(F)c1. The summed E-state index contributed by atoms with van der Waals surface area (Å²) in [6, 6.07) is 3.14. The molecule has 1 fully saturated rings. The van der Waals surface area contributed by atoms with E-state index in [1.807, 2.05) is 13.8 Å². The number of likely N-dealkylation sites (tertiary alicyclic amines) is 1. The number of aliphatic hydroxyl groups excluding tert-OH is 1. The molecule has 2 aromatic rings. The van der Waals surface area contributed by atoms with Crippen LogP contribution in [0.5, 0.6) is 0 Å². The molecule has 31 heavy (non-hydrogen) atoms. The predicted octanol–water partition coefficient (Wildman–Crippen LogP) is 2.98. The van der Waals surface area contributed by atoms with Gasteiger partial charge in [-0.25, -0.2) is 17.8 Å². The van der Waals surface area contributed by atoms with Crippen LogP contribution in [0.4, 0.5) is 10.1 Å². The first-order valence-electron chi connectivity index (χ1n) is 10.2. The van der Waals surface area contributed by atoms with Gasteiger partial charge >= 0.3 is 0 Å². The third-order valence-electron chi connectivity index (χ3n) is 5.62. The fraction of sp³-hybridized carbons (Fsp3) is 0.524. The molecule has 0 bridgehead atoms. The Morgan fingerprint density at radius 1 is 1.35 bits per heavy atom. The maximum Gasteiger partial charge on any atom is 0.149 e. The molecular formula is C21H28ClFN4O3S. The Bertz CT molecular complexity index is 1040. The summed E-state index contributed by atoms with van der Waals surface area (Å²) in [5.41, 5.74) is 1.97. The molecule has 2 aromatic heterocycles. The van der Waals surface area contributed by atoms with Gasteiger partial charge in [-0.15, -0.1) is 0 Å². The summed E-state index contributed by atoms with van der Waals surface area (Å²) in [6.45, 7) is 5.09. The molecule has 0 aliphatic carbocycles. The second-order valence-electron chi connectivity index (χ2n) is 8.31. The van der Waals surface area contributed by atoms with Crippen LogP contribution >= 0.6 is 11.6 Å². The predicted molar refractivity (Wildman–Crippen MR) is 120 cm³/mol. The number of hydrogen-bond acceptors (Lipinski definition) is 7. The van der Waals surface area contributed by atoms with Crippen LogP contribution in [0.15, 0.2) is 24.5 Å². The first kappa shape index (κ1) is 23.8. The number of hydrogen-bond donors (Lipinski definition) is 2. The fourth-order valence-electron chi connectivity index (χ4n) is 3.84. The standard InChI is InChI=1S/C21H28ClFN4O3S/c1-13(4-5-28)26-19-7-20(22)24-9-17(19)21-18(23)6-15(8-25-21)10-27-11-16(14(27)2)12-31(3,29)30/h6-9,13-14,16,28H,4-5,10-12H2,1-3H3,(H,24,26)/t13-,14+,16-/m0/s1. The molecule has 3 rings (SSSR count). The van der Waals surface area contributed by atoms with Crippen LogP contribution in [0.2, 0.25) is 5.15 Å². The van der Waals surface area contributed by atoms with Crippen molar-refractivity contribution in [1.29, 1.82) is 0 Å². The van der Waals surface area contributed by atoms with Crippen molar-refractivity contribution in [3.63, 3.8) is 0 Å². The number of sulfone groups is 1. The number of pyridine rings is 2. The van der Waals surface area contributed by atoms with Crippen LogP contribution in [0.1, 0.15) is 25.8 Å². The van der Waals surface area contributed by atoms with E-state index in [0.29, 0.717) is 30.8 Å². The van der Waals surface area contributed by atoms with Crippen molar-refractivity contribution in [3.8, 4) is 11.3 Å². The molecule has 0 amide bonds. The minimum Gasteiger partial charge on any atom is -0.396 e. The average Bonchev–Trinajstić information content (AvgIpc) is 2.67. The lowest BCUT2D eigenvalue weighted by Gasteiger charge is -2.46. The van der Waals surface area contributed by atoms with Crippen molar-refractivity contribution in [3.05, 3.63) is 41.1 Å². The molecule has 170 valence electrons. The summed E-state index contributed by atoms with van der Waals surface area (Å²) in [4.78, 5) is 10.5. The van der Waals surface area contributed by atoms with E-state index in [0.717, 1.165) is 5.56 Å². The normalized spacial score (nSPS) is 20.3. The lowest BCUT2D eigenvalue weighted by atomic mass is 9.91. The second-order valence-corrected chi connectivity index (χ2v) is 10.9. The van der Waals surface area contributed by atoms with Crippen LogP contribution in [-0.4, -0.2) is 65.6 Å². The zero-order chi connectivity index (χ0) is 22.8. The van der Waals surface area contributed by atoms with Gasteiger partial charge < -0.3 is 10.4 Å². The van der Waals surface area contributed by atoms with Crippen molar-refractivity contribution < 1.29 is 17.9 Å². The van der Waals surface area contributed by atoms with Gasteiger partial charge in [0.25, 0.3) is 0 Å². The molecule has 1 aliphatic heterocycles. The molecule has 1 saturated heterocycles. The van der Waals surface area contributed by atoms with Crippen LogP contribution in [0.25, 0.3) is 11.3 Å². The van der Waals surface area contributed by atoms with Gasteiger partial charge in [0.1, 0.15) is 26.5 Å². The Kier molecular flexibility index (Phi) is 7.51. The molecule has 0 saturated carbocycles.